The van der Waals surface area contributed by atoms with Crippen molar-refractivity contribution in [1.29, 1.82) is 0 Å². The predicted octanol–water partition coefficient (Wildman–Crippen LogP) is 1.33. The molecule has 2 amide bonds. The quantitative estimate of drug-likeness (QED) is 0.813. The molecule has 0 aliphatic carbocycles. The van der Waals surface area contributed by atoms with Gasteiger partial charge >= 0.3 is 12.0 Å². The van der Waals surface area contributed by atoms with Crippen LogP contribution in [0.1, 0.15) is 18.9 Å². The number of carbonyl (C=O) groups is 2. The van der Waals surface area contributed by atoms with Gasteiger partial charge in [0.1, 0.15) is 0 Å². The molecule has 1 heterocycles. The van der Waals surface area contributed by atoms with Crippen LogP contribution in [0.15, 0.2) is 24.5 Å². The highest BCUT2D eigenvalue weighted by atomic mass is 16.4. The monoisotopic (exact) mass is 265 g/mol. The Morgan fingerprint density at radius 1 is 1.53 bits per heavy atom. The molecule has 1 unspecified atom stereocenters. The fourth-order valence-electron chi connectivity index (χ4n) is 1.49. The van der Waals surface area contributed by atoms with E-state index < -0.39 is 11.9 Å². The van der Waals surface area contributed by atoms with Crippen LogP contribution in [0, 0.1) is 5.92 Å². The maximum atomic E-state index is 11.7. The summed E-state index contributed by atoms with van der Waals surface area (Å²) in [4.78, 5) is 27.9. The van der Waals surface area contributed by atoms with E-state index in [0.29, 0.717) is 19.5 Å². The minimum Gasteiger partial charge on any atom is -0.481 e. The number of urea groups is 1. The van der Waals surface area contributed by atoms with Crippen molar-refractivity contribution in [3.8, 4) is 0 Å². The number of carboxylic acids is 1. The highest BCUT2D eigenvalue weighted by molar-refractivity contribution is 5.74. The number of hydrogen-bond donors (Lipinski definition) is 2. The third-order valence-electron chi connectivity index (χ3n) is 2.76. The van der Waals surface area contributed by atoms with Gasteiger partial charge < -0.3 is 15.3 Å². The van der Waals surface area contributed by atoms with Crippen LogP contribution in [0.4, 0.5) is 4.79 Å². The van der Waals surface area contributed by atoms with Gasteiger partial charge in [-0.25, -0.2) is 4.79 Å². The van der Waals surface area contributed by atoms with E-state index in [1.54, 1.807) is 26.4 Å². The zero-order chi connectivity index (χ0) is 14.3. The fraction of sp³-hybridized carbons (Fsp3) is 0.462. The van der Waals surface area contributed by atoms with Crippen LogP contribution >= 0.6 is 0 Å². The Hall–Kier alpha value is -2.11. The number of carboxylic acid groups (broad SMARTS) is 1. The van der Waals surface area contributed by atoms with Gasteiger partial charge in [0.15, 0.2) is 0 Å². The lowest BCUT2D eigenvalue weighted by molar-refractivity contribution is -0.141. The van der Waals surface area contributed by atoms with Gasteiger partial charge in [0.2, 0.25) is 0 Å². The molecule has 0 aliphatic rings. The van der Waals surface area contributed by atoms with E-state index in [0.717, 1.165) is 5.56 Å². The SMILES string of the molecule is CC(CCNC(=O)N(C)Cc1cccnc1)C(=O)O. The van der Waals surface area contributed by atoms with Gasteiger partial charge in [0.05, 0.1) is 5.92 Å². The summed E-state index contributed by atoms with van der Waals surface area (Å²) in [6.45, 7) is 2.44. The number of rotatable bonds is 6. The van der Waals surface area contributed by atoms with E-state index in [1.807, 2.05) is 12.1 Å². The van der Waals surface area contributed by atoms with Gasteiger partial charge in [-0.1, -0.05) is 13.0 Å². The highest BCUT2D eigenvalue weighted by Gasteiger charge is 2.12. The van der Waals surface area contributed by atoms with Gasteiger partial charge in [0.25, 0.3) is 0 Å². The van der Waals surface area contributed by atoms with Gasteiger partial charge in [-0.05, 0) is 18.1 Å². The fourth-order valence-corrected chi connectivity index (χ4v) is 1.49. The second-order valence-electron chi connectivity index (χ2n) is 4.48. The van der Waals surface area contributed by atoms with E-state index in [2.05, 4.69) is 10.3 Å². The van der Waals surface area contributed by atoms with Crippen LogP contribution in [-0.4, -0.2) is 40.6 Å². The first-order valence-electron chi connectivity index (χ1n) is 6.11. The summed E-state index contributed by atoms with van der Waals surface area (Å²) < 4.78 is 0. The summed E-state index contributed by atoms with van der Waals surface area (Å²) in [5.41, 5.74) is 0.944. The first-order valence-corrected chi connectivity index (χ1v) is 6.11. The molecule has 1 atom stereocenters. The maximum Gasteiger partial charge on any atom is 0.317 e. The minimum atomic E-state index is -0.849. The Balaban J connectivity index is 2.31. The number of hydrogen-bond acceptors (Lipinski definition) is 3. The molecule has 104 valence electrons. The van der Waals surface area contributed by atoms with Crippen molar-refractivity contribution < 1.29 is 14.7 Å². The summed E-state index contributed by atoms with van der Waals surface area (Å²) in [7, 11) is 1.68. The molecular weight excluding hydrogens is 246 g/mol. The van der Waals surface area contributed by atoms with Gasteiger partial charge in [-0.2, -0.15) is 0 Å². The molecule has 6 heteroatoms. The Morgan fingerprint density at radius 2 is 2.26 bits per heavy atom. The van der Waals surface area contributed by atoms with Crippen LogP contribution in [0.3, 0.4) is 0 Å². The number of nitrogens with one attached hydrogen (secondary N) is 1. The average molecular weight is 265 g/mol. The average Bonchev–Trinajstić information content (AvgIpc) is 2.39. The Kier molecular flexibility index (Phi) is 5.78. The van der Waals surface area contributed by atoms with Crippen molar-refractivity contribution in [3.63, 3.8) is 0 Å². The van der Waals surface area contributed by atoms with Gasteiger partial charge in [-0.15, -0.1) is 0 Å². The molecule has 2 N–H and O–H groups in total. The molecule has 0 aromatic carbocycles. The molecule has 0 saturated carbocycles. The molecular formula is C13H19N3O3. The van der Waals surface area contributed by atoms with Crippen molar-refractivity contribution >= 4 is 12.0 Å². The molecule has 0 radical (unpaired) electrons. The van der Waals surface area contributed by atoms with E-state index in [9.17, 15) is 9.59 Å². The number of amides is 2. The molecule has 1 aromatic heterocycles. The van der Waals surface area contributed by atoms with Crippen molar-refractivity contribution in [2.75, 3.05) is 13.6 Å². The van der Waals surface area contributed by atoms with Gasteiger partial charge in [-0.3, -0.25) is 9.78 Å². The lowest BCUT2D eigenvalue weighted by atomic mass is 10.1. The third kappa shape index (κ3) is 5.37. The molecule has 19 heavy (non-hydrogen) atoms. The molecule has 1 aromatic rings. The number of carbonyl (C=O) groups excluding carboxylic acids is 1. The van der Waals surface area contributed by atoms with Crippen molar-refractivity contribution in [3.05, 3.63) is 30.1 Å². The van der Waals surface area contributed by atoms with E-state index in [-0.39, 0.29) is 6.03 Å². The summed E-state index contributed by atoms with van der Waals surface area (Å²) >= 11 is 0. The lowest BCUT2D eigenvalue weighted by Gasteiger charge is -2.18. The summed E-state index contributed by atoms with van der Waals surface area (Å²) in [6.07, 6.45) is 3.80. The molecule has 0 spiro atoms. The van der Waals surface area contributed by atoms with Crippen molar-refractivity contribution in [2.24, 2.45) is 5.92 Å². The predicted molar refractivity (Wildman–Crippen MR) is 70.5 cm³/mol. The molecule has 0 aliphatic heterocycles. The zero-order valence-corrected chi connectivity index (χ0v) is 11.2. The molecule has 6 nitrogen and oxygen atoms in total. The minimum absolute atomic E-state index is 0.221. The number of aliphatic carboxylic acids is 1. The number of pyridine rings is 1. The maximum absolute atomic E-state index is 11.7. The van der Waals surface area contributed by atoms with E-state index in [1.165, 1.54) is 4.90 Å². The first-order chi connectivity index (χ1) is 9.00. The van der Waals surface area contributed by atoms with Crippen molar-refractivity contribution in [1.82, 2.24) is 15.2 Å². The van der Waals surface area contributed by atoms with Crippen LogP contribution < -0.4 is 5.32 Å². The highest BCUT2D eigenvalue weighted by Crippen LogP contribution is 2.02. The number of nitrogens with zero attached hydrogens (tertiary/aromatic N) is 2. The molecule has 1 rings (SSSR count). The molecule has 0 fully saturated rings. The largest absolute Gasteiger partial charge is 0.481 e. The molecule has 0 saturated heterocycles. The molecule has 0 bridgehead atoms. The third-order valence-corrected chi connectivity index (χ3v) is 2.76. The van der Waals surface area contributed by atoms with Crippen LogP contribution in [0.25, 0.3) is 0 Å². The Morgan fingerprint density at radius 3 is 2.84 bits per heavy atom. The summed E-state index contributed by atoms with van der Waals surface area (Å²) in [6, 6.07) is 3.49. The summed E-state index contributed by atoms with van der Waals surface area (Å²) in [5, 5.41) is 11.4. The van der Waals surface area contributed by atoms with Gasteiger partial charge in [0, 0.05) is 32.5 Å². The van der Waals surface area contributed by atoms with Crippen LogP contribution in [0.2, 0.25) is 0 Å². The summed E-state index contributed by atoms with van der Waals surface area (Å²) in [5.74, 6) is -1.30. The second-order valence-corrected chi connectivity index (χ2v) is 4.48. The smallest absolute Gasteiger partial charge is 0.317 e. The van der Waals surface area contributed by atoms with Crippen LogP contribution in [0.5, 0.6) is 0 Å². The van der Waals surface area contributed by atoms with E-state index in [4.69, 9.17) is 5.11 Å². The lowest BCUT2D eigenvalue weighted by Crippen LogP contribution is -2.38. The Bertz CT molecular complexity index is 422. The topological polar surface area (TPSA) is 82.5 Å². The van der Waals surface area contributed by atoms with E-state index >= 15 is 0 Å². The van der Waals surface area contributed by atoms with Crippen molar-refractivity contribution in [2.45, 2.75) is 19.9 Å². The standard InChI is InChI=1S/C13H19N3O3/c1-10(12(17)18)5-7-15-13(19)16(2)9-11-4-3-6-14-8-11/h3-4,6,8,10H,5,7,9H2,1-2H3,(H,15,19)(H,17,18). The number of aromatic nitrogens is 1. The van der Waals surface area contributed by atoms with Crippen LogP contribution in [-0.2, 0) is 11.3 Å². The second kappa shape index (κ2) is 7.35. The Labute approximate surface area is 112 Å². The first kappa shape index (κ1) is 14.9. The zero-order valence-electron chi connectivity index (χ0n) is 11.2. The normalized spacial score (nSPS) is 11.7.